The maximum Gasteiger partial charge on any atom is 0.244 e. The van der Waals surface area contributed by atoms with E-state index in [0.29, 0.717) is 11.4 Å². The van der Waals surface area contributed by atoms with Crippen molar-refractivity contribution in [2.45, 2.75) is 6.92 Å². The van der Waals surface area contributed by atoms with Gasteiger partial charge < -0.3 is 20.9 Å². The smallest absolute Gasteiger partial charge is 0.244 e. The Morgan fingerprint density at radius 2 is 2.00 bits per heavy atom. The van der Waals surface area contributed by atoms with E-state index in [9.17, 15) is 14.4 Å². The van der Waals surface area contributed by atoms with E-state index in [2.05, 4.69) is 5.32 Å². The number of hydrogen-bond donors (Lipinski definition) is 2. The molecule has 1 aromatic rings. The van der Waals surface area contributed by atoms with Crippen molar-refractivity contribution in [1.82, 2.24) is 9.80 Å². The topological polar surface area (TPSA) is 95.7 Å². The Morgan fingerprint density at radius 1 is 1.29 bits per heavy atom. The highest BCUT2D eigenvalue weighted by molar-refractivity contribution is 5.98. The van der Waals surface area contributed by atoms with Gasteiger partial charge >= 0.3 is 0 Å². The molecule has 0 saturated carbocycles. The molecule has 1 aliphatic rings. The van der Waals surface area contributed by atoms with E-state index in [-0.39, 0.29) is 37.4 Å². The van der Waals surface area contributed by atoms with Gasteiger partial charge in [-0.1, -0.05) is 6.07 Å². The number of benzene rings is 1. The van der Waals surface area contributed by atoms with E-state index < -0.39 is 0 Å². The predicted octanol–water partition coefficient (Wildman–Crippen LogP) is -0.184. The highest BCUT2D eigenvalue weighted by atomic mass is 16.2. The van der Waals surface area contributed by atoms with Crippen LogP contribution < -0.4 is 11.1 Å². The summed E-state index contributed by atoms with van der Waals surface area (Å²) in [5.41, 5.74) is 7.70. The summed E-state index contributed by atoms with van der Waals surface area (Å²) < 4.78 is 0. The molecule has 0 bridgehead atoms. The minimum atomic E-state index is -0.352. The molecular formula is C14H18N4O3. The lowest BCUT2D eigenvalue weighted by molar-refractivity contribution is -0.149. The van der Waals surface area contributed by atoms with Crippen LogP contribution in [0, 0.1) is 6.92 Å². The Balaban J connectivity index is 2.00. The lowest BCUT2D eigenvalue weighted by Gasteiger charge is -2.31. The molecule has 0 spiro atoms. The number of nitrogens with zero attached hydrogens (tertiary/aromatic N) is 2. The molecule has 1 aliphatic heterocycles. The highest BCUT2D eigenvalue weighted by Gasteiger charge is 2.28. The van der Waals surface area contributed by atoms with Crippen molar-refractivity contribution in [2.75, 3.05) is 37.7 Å². The van der Waals surface area contributed by atoms with Crippen LogP contribution in [0.15, 0.2) is 18.2 Å². The van der Waals surface area contributed by atoms with E-state index in [4.69, 9.17) is 5.73 Å². The summed E-state index contributed by atoms with van der Waals surface area (Å²) in [6.45, 7) is 1.63. The highest BCUT2D eigenvalue weighted by Crippen LogP contribution is 2.18. The molecule has 1 heterocycles. The first-order valence-corrected chi connectivity index (χ1v) is 6.54. The van der Waals surface area contributed by atoms with Crippen LogP contribution in [0.5, 0.6) is 0 Å². The van der Waals surface area contributed by atoms with E-state index >= 15 is 0 Å². The Morgan fingerprint density at radius 3 is 2.71 bits per heavy atom. The molecule has 3 amide bonds. The summed E-state index contributed by atoms with van der Waals surface area (Å²) in [6, 6.07) is 5.20. The second-order valence-electron chi connectivity index (χ2n) is 5.12. The van der Waals surface area contributed by atoms with Gasteiger partial charge in [0.2, 0.25) is 17.7 Å². The summed E-state index contributed by atoms with van der Waals surface area (Å²) >= 11 is 0. The van der Waals surface area contributed by atoms with Crippen LogP contribution in [0.4, 0.5) is 11.4 Å². The van der Waals surface area contributed by atoms with Crippen molar-refractivity contribution in [3.63, 3.8) is 0 Å². The lowest BCUT2D eigenvalue weighted by atomic mass is 10.2. The zero-order valence-corrected chi connectivity index (χ0v) is 12.0. The van der Waals surface area contributed by atoms with Crippen LogP contribution in [-0.4, -0.2) is 54.2 Å². The number of piperazine rings is 1. The molecular weight excluding hydrogens is 272 g/mol. The number of carbonyl (C=O) groups is 3. The van der Waals surface area contributed by atoms with Gasteiger partial charge in [0.15, 0.2) is 0 Å². The van der Waals surface area contributed by atoms with Crippen molar-refractivity contribution in [3.05, 3.63) is 23.8 Å². The van der Waals surface area contributed by atoms with Gasteiger partial charge in [-0.15, -0.1) is 0 Å². The molecule has 7 nitrogen and oxygen atoms in total. The molecule has 0 atom stereocenters. The third-order valence-corrected chi connectivity index (χ3v) is 3.35. The van der Waals surface area contributed by atoms with Crippen molar-refractivity contribution in [1.29, 1.82) is 0 Å². The number of carbonyl (C=O) groups excluding carboxylic acids is 3. The molecule has 1 saturated heterocycles. The first kappa shape index (κ1) is 14.8. The zero-order chi connectivity index (χ0) is 15.6. The maximum atomic E-state index is 12.0. The molecule has 1 fully saturated rings. The monoisotopic (exact) mass is 290 g/mol. The first-order valence-electron chi connectivity index (χ1n) is 6.54. The molecule has 0 radical (unpaired) electrons. The van der Waals surface area contributed by atoms with Crippen LogP contribution in [0.25, 0.3) is 0 Å². The number of amides is 3. The summed E-state index contributed by atoms with van der Waals surface area (Å²) in [6.07, 6.45) is 0. The fourth-order valence-corrected chi connectivity index (χ4v) is 2.04. The van der Waals surface area contributed by atoms with Crippen LogP contribution >= 0.6 is 0 Å². The molecule has 2 rings (SSSR count). The van der Waals surface area contributed by atoms with Gasteiger partial charge in [0.05, 0.1) is 6.54 Å². The van der Waals surface area contributed by atoms with E-state index in [1.165, 1.54) is 9.80 Å². The van der Waals surface area contributed by atoms with Crippen LogP contribution in [0.1, 0.15) is 5.56 Å². The average molecular weight is 290 g/mol. The Labute approximate surface area is 122 Å². The van der Waals surface area contributed by atoms with Gasteiger partial charge in [-0.2, -0.15) is 0 Å². The van der Waals surface area contributed by atoms with Gasteiger partial charge in [-0.25, -0.2) is 0 Å². The lowest BCUT2D eigenvalue weighted by Crippen LogP contribution is -2.54. The molecule has 0 unspecified atom stereocenters. The van der Waals surface area contributed by atoms with Gasteiger partial charge in [-0.3, -0.25) is 14.4 Å². The van der Waals surface area contributed by atoms with Crippen LogP contribution in [0.3, 0.4) is 0 Å². The minimum Gasteiger partial charge on any atom is -0.399 e. The summed E-state index contributed by atoms with van der Waals surface area (Å²) in [5.74, 6) is -0.770. The van der Waals surface area contributed by atoms with Gasteiger partial charge in [0.25, 0.3) is 0 Å². The van der Waals surface area contributed by atoms with E-state index in [1.54, 1.807) is 25.2 Å². The van der Waals surface area contributed by atoms with E-state index in [1.807, 2.05) is 6.92 Å². The third-order valence-electron chi connectivity index (χ3n) is 3.35. The Hall–Kier alpha value is -2.57. The fraction of sp³-hybridized carbons (Fsp3) is 0.357. The SMILES string of the molecule is Cc1ccc(N)cc1NC(=O)CN1CC(=O)N(C)CC1=O. The Bertz CT molecular complexity index is 600. The molecule has 1 aromatic carbocycles. The number of hydrogen-bond acceptors (Lipinski definition) is 4. The minimum absolute atomic E-state index is 0.00340. The molecule has 0 aromatic heterocycles. The quantitative estimate of drug-likeness (QED) is 0.755. The van der Waals surface area contributed by atoms with Crippen LogP contribution in [0.2, 0.25) is 0 Å². The second-order valence-corrected chi connectivity index (χ2v) is 5.12. The second kappa shape index (κ2) is 5.82. The average Bonchev–Trinajstić information content (AvgIpc) is 2.40. The summed E-state index contributed by atoms with van der Waals surface area (Å²) in [7, 11) is 1.56. The number of likely N-dealkylation sites (N-methyl/N-ethyl adjacent to an activating group) is 1. The third kappa shape index (κ3) is 3.50. The fourth-order valence-electron chi connectivity index (χ4n) is 2.04. The predicted molar refractivity (Wildman–Crippen MR) is 78.4 cm³/mol. The van der Waals surface area contributed by atoms with Gasteiger partial charge in [0.1, 0.15) is 13.1 Å². The normalized spacial score (nSPS) is 15.3. The largest absolute Gasteiger partial charge is 0.399 e. The number of anilines is 2. The van der Waals surface area contributed by atoms with Gasteiger partial charge in [-0.05, 0) is 24.6 Å². The van der Waals surface area contributed by atoms with Crippen molar-refractivity contribution in [3.8, 4) is 0 Å². The number of nitrogen functional groups attached to an aromatic ring is 1. The Kier molecular flexibility index (Phi) is 4.11. The molecule has 112 valence electrons. The number of aryl methyl sites for hydroxylation is 1. The van der Waals surface area contributed by atoms with Crippen molar-refractivity contribution >= 4 is 29.1 Å². The summed E-state index contributed by atoms with van der Waals surface area (Å²) in [4.78, 5) is 38.0. The first-order chi connectivity index (χ1) is 9.86. The van der Waals surface area contributed by atoms with E-state index in [0.717, 1.165) is 5.56 Å². The number of rotatable bonds is 3. The molecule has 21 heavy (non-hydrogen) atoms. The van der Waals surface area contributed by atoms with Crippen LogP contribution in [-0.2, 0) is 14.4 Å². The standard InChI is InChI=1S/C14H18N4O3/c1-9-3-4-10(15)5-11(9)16-12(19)6-18-8-13(20)17(2)7-14(18)21/h3-5H,6-8,15H2,1-2H3,(H,16,19). The summed E-state index contributed by atoms with van der Waals surface area (Å²) in [5, 5.41) is 2.71. The molecule has 0 aliphatic carbocycles. The molecule has 3 N–H and O–H groups in total. The van der Waals surface area contributed by atoms with Gasteiger partial charge in [0, 0.05) is 18.4 Å². The number of nitrogens with two attached hydrogens (primary N) is 1. The zero-order valence-electron chi connectivity index (χ0n) is 12.0. The van der Waals surface area contributed by atoms with Crippen molar-refractivity contribution < 1.29 is 14.4 Å². The molecule has 7 heteroatoms. The van der Waals surface area contributed by atoms with Crippen molar-refractivity contribution in [2.24, 2.45) is 0 Å². The maximum absolute atomic E-state index is 12.0. The number of nitrogens with one attached hydrogen (secondary N) is 1.